The Hall–Kier alpha value is -1.94. The van der Waals surface area contributed by atoms with E-state index in [1.165, 1.54) is 12.5 Å². The molecule has 1 N–H and O–H groups in total. The fourth-order valence-corrected chi connectivity index (χ4v) is 2.02. The molecule has 0 aliphatic heterocycles. The van der Waals surface area contributed by atoms with E-state index in [0.29, 0.717) is 22.6 Å². The number of aliphatic hydroxyl groups is 1. The van der Waals surface area contributed by atoms with Crippen LogP contribution in [0.2, 0.25) is 0 Å². The first kappa shape index (κ1) is 12.5. The zero-order valence-corrected chi connectivity index (χ0v) is 10.6. The van der Waals surface area contributed by atoms with Crippen molar-refractivity contribution in [2.45, 2.75) is 12.5 Å². The molecule has 1 atom stereocenters. The van der Waals surface area contributed by atoms with Crippen molar-refractivity contribution in [3.05, 3.63) is 47.9 Å². The lowest BCUT2D eigenvalue weighted by Gasteiger charge is -2.26. The first-order valence-corrected chi connectivity index (χ1v) is 5.57. The summed E-state index contributed by atoms with van der Waals surface area (Å²) >= 11 is 0. The quantitative estimate of drug-likeness (QED) is 0.903. The van der Waals surface area contributed by atoms with Crippen LogP contribution in [0.1, 0.15) is 18.1 Å². The van der Waals surface area contributed by atoms with Gasteiger partial charge in [-0.05, 0) is 25.1 Å². The Labute approximate surface area is 106 Å². The molecule has 4 heteroatoms. The van der Waals surface area contributed by atoms with Crippen molar-refractivity contribution in [3.8, 4) is 11.5 Å². The van der Waals surface area contributed by atoms with Gasteiger partial charge in [0, 0.05) is 5.56 Å². The summed E-state index contributed by atoms with van der Waals surface area (Å²) in [6, 6.07) is 7.09. The molecule has 0 saturated heterocycles. The van der Waals surface area contributed by atoms with E-state index in [-0.39, 0.29) is 0 Å². The molecule has 1 heterocycles. The summed E-state index contributed by atoms with van der Waals surface area (Å²) in [4.78, 5) is 0. The van der Waals surface area contributed by atoms with Crippen molar-refractivity contribution in [3.63, 3.8) is 0 Å². The predicted molar refractivity (Wildman–Crippen MR) is 66.9 cm³/mol. The Kier molecular flexibility index (Phi) is 3.30. The molecule has 0 aliphatic carbocycles. The van der Waals surface area contributed by atoms with Gasteiger partial charge < -0.3 is 19.0 Å². The molecule has 4 nitrogen and oxygen atoms in total. The Balaban J connectivity index is 2.62. The van der Waals surface area contributed by atoms with E-state index in [0.717, 1.165) is 0 Å². The maximum Gasteiger partial charge on any atom is 0.129 e. The Morgan fingerprint density at radius 2 is 1.72 bits per heavy atom. The maximum atomic E-state index is 10.7. The average Bonchev–Trinajstić information content (AvgIpc) is 2.92. The maximum absolute atomic E-state index is 10.7. The molecule has 0 saturated carbocycles. The highest BCUT2D eigenvalue weighted by Gasteiger charge is 2.33. The second-order valence-corrected chi connectivity index (χ2v) is 4.12. The second-order valence-electron chi connectivity index (χ2n) is 4.12. The topological polar surface area (TPSA) is 51.8 Å². The van der Waals surface area contributed by atoms with Crippen molar-refractivity contribution >= 4 is 0 Å². The molecule has 2 aromatic rings. The van der Waals surface area contributed by atoms with Gasteiger partial charge in [0.1, 0.15) is 17.1 Å². The fourth-order valence-electron chi connectivity index (χ4n) is 2.02. The molecule has 0 bridgehead atoms. The van der Waals surface area contributed by atoms with E-state index < -0.39 is 5.60 Å². The zero-order chi connectivity index (χ0) is 13.2. The molecule has 0 radical (unpaired) electrons. The van der Waals surface area contributed by atoms with Crippen LogP contribution >= 0.6 is 0 Å². The lowest BCUT2D eigenvalue weighted by atomic mass is 9.88. The smallest absolute Gasteiger partial charge is 0.129 e. The van der Waals surface area contributed by atoms with Crippen molar-refractivity contribution < 1.29 is 19.0 Å². The van der Waals surface area contributed by atoms with Gasteiger partial charge in [-0.1, -0.05) is 6.07 Å². The van der Waals surface area contributed by atoms with E-state index in [1.54, 1.807) is 39.3 Å². The molecule has 96 valence electrons. The molecule has 18 heavy (non-hydrogen) atoms. The molecular formula is C14H16O4. The zero-order valence-electron chi connectivity index (χ0n) is 10.6. The van der Waals surface area contributed by atoms with E-state index in [2.05, 4.69) is 0 Å². The molecule has 0 aliphatic rings. The van der Waals surface area contributed by atoms with Gasteiger partial charge in [0.25, 0.3) is 0 Å². The minimum atomic E-state index is -1.25. The van der Waals surface area contributed by atoms with Crippen LogP contribution in [0.4, 0.5) is 0 Å². The Morgan fingerprint density at radius 3 is 2.17 bits per heavy atom. The molecule has 1 unspecified atom stereocenters. The van der Waals surface area contributed by atoms with Crippen LogP contribution in [0.15, 0.2) is 41.2 Å². The lowest BCUT2D eigenvalue weighted by molar-refractivity contribution is 0.0949. The highest BCUT2D eigenvalue weighted by Crippen LogP contribution is 2.41. The van der Waals surface area contributed by atoms with Gasteiger partial charge in [0.05, 0.1) is 32.3 Å². The summed E-state index contributed by atoms with van der Waals surface area (Å²) < 4.78 is 15.6. The lowest BCUT2D eigenvalue weighted by Crippen LogP contribution is -2.23. The van der Waals surface area contributed by atoms with Gasteiger partial charge >= 0.3 is 0 Å². The minimum Gasteiger partial charge on any atom is -0.496 e. The summed E-state index contributed by atoms with van der Waals surface area (Å²) in [6.45, 7) is 1.68. The summed E-state index contributed by atoms with van der Waals surface area (Å²) in [6.07, 6.45) is 3.03. The third kappa shape index (κ3) is 1.95. The monoisotopic (exact) mass is 248 g/mol. The highest BCUT2D eigenvalue weighted by atomic mass is 16.5. The molecular weight excluding hydrogens is 232 g/mol. The standard InChI is InChI=1S/C14H16O4/c1-14(15,10-7-8-18-9-10)13-11(16-2)5-4-6-12(13)17-3/h4-9,15H,1-3H3. The van der Waals surface area contributed by atoms with Gasteiger partial charge in [-0.15, -0.1) is 0 Å². The predicted octanol–water partition coefficient (Wildman–Crippen LogP) is 2.55. The summed E-state index contributed by atoms with van der Waals surface area (Å²) in [7, 11) is 3.12. The third-order valence-corrected chi connectivity index (χ3v) is 3.00. The average molecular weight is 248 g/mol. The van der Waals surface area contributed by atoms with Gasteiger partial charge in [-0.3, -0.25) is 0 Å². The molecule has 2 rings (SSSR count). The number of rotatable bonds is 4. The van der Waals surface area contributed by atoms with Crippen molar-refractivity contribution in [2.75, 3.05) is 14.2 Å². The van der Waals surface area contributed by atoms with Crippen molar-refractivity contribution in [1.29, 1.82) is 0 Å². The van der Waals surface area contributed by atoms with E-state index >= 15 is 0 Å². The van der Waals surface area contributed by atoms with Crippen LogP contribution in [0.5, 0.6) is 11.5 Å². The first-order chi connectivity index (χ1) is 8.61. The van der Waals surface area contributed by atoms with E-state index in [4.69, 9.17) is 13.9 Å². The Bertz CT molecular complexity index is 492. The van der Waals surface area contributed by atoms with Crippen molar-refractivity contribution in [2.24, 2.45) is 0 Å². The van der Waals surface area contributed by atoms with Gasteiger partial charge in [0.15, 0.2) is 0 Å². The van der Waals surface area contributed by atoms with Crippen LogP contribution in [0.3, 0.4) is 0 Å². The normalized spacial score (nSPS) is 14.0. The SMILES string of the molecule is COc1cccc(OC)c1C(C)(O)c1ccoc1. The third-order valence-electron chi connectivity index (χ3n) is 3.00. The largest absolute Gasteiger partial charge is 0.496 e. The number of hydrogen-bond donors (Lipinski definition) is 1. The molecule has 0 amide bonds. The van der Waals surface area contributed by atoms with Gasteiger partial charge in [0.2, 0.25) is 0 Å². The minimum absolute atomic E-state index is 0.570. The second kappa shape index (κ2) is 4.74. The van der Waals surface area contributed by atoms with Crippen LogP contribution in [0.25, 0.3) is 0 Å². The number of hydrogen-bond acceptors (Lipinski definition) is 4. The van der Waals surface area contributed by atoms with Crippen LogP contribution in [0, 0.1) is 0 Å². The van der Waals surface area contributed by atoms with Crippen LogP contribution in [-0.2, 0) is 5.60 Å². The van der Waals surface area contributed by atoms with Gasteiger partial charge in [-0.25, -0.2) is 0 Å². The van der Waals surface area contributed by atoms with Gasteiger partial charge in [-0.2, -0.15) is 0 Å². The van der Waals surface area contributed by atoms with E-state index in [9.17, 15) is 5.11 Å². The summed E-state index contributed by atoms with van der Waals surface area (Å²) in [5, 5.41) is 10.7. The van der Waals surface area contributed by atoms with Crippen molar-refractivity contribution in [1.82, 2.24) is 0 Å². The molecule has 1 aromatic carbocycles. The highest BCUT2D eigenvalue weighted by molar-refractivity contribution is 5.52. The Morgan fingerprint density at radius 1 is 1.11 bits per heavy atom. The number of benzene rings is 1. The number of methoxy groups -OCH3 is 2. The van der Waals surface area contributed by atoms with E-state index in [1.807, 2.05) is 6.07 Å². The number of ether oxygens (including phenoxy) is 2. The molecule has 1 aromatic heterocycles. The fraction of sp³-hybridized carbons (Fsp3) is 0.286. The van der Waals surface area contributed by atoms with Crippen LogP contribution in [-0.4, -0.2) is 19.3 Å². The first-order valence-electron chi connectivity index (χ1n) is 5.57. The summed E-state index contributed by atoms with van der Waals surface area (Å²) in [5.74, 6) is 1.14. The molecule has 0 fully saturated rings. The van der Waals surface area contributed by atoms with Crippen LogP contribution < -0.4 is 9.47 Å². The number of furan rings is 1. The molecule has 0 spiro atoms. The summed E-state index contributed by atoms with van der Waals surface area (Å²) in [5.41, 5.74) is -0.0213.